The van der Waals surface area contributed by atoms with Crippen molar-refractivity contribution in [1.29, 1.82) is 0 Å². The lowest BCUT2D eigenvalue weighted by Gasteiger charge is -2.27. The summed E-state index contributed by atoms with van der Waals surface area (Å²) in [4.78, 5) is 26.4. The van der Waals surface area contributed by atoms with Gasteiger partial charge in [0.15, 0.2) is 5.69 Å². The first-order chi connectivity index (χ1) is 11.5. The Morgan fingerprint density at radius 3 is 2.79 bits per heavy atom. The average Bonchev–Trinajstić information content (AvgIpc) is 3.16. The number of likely N-dealkylation sites (tertiary alicyclic amines) is 1. The van der Waals surface area contributed by atoms with E-state index in [0.717, 1.165) is 6.54 Å². The van der Waals surface area contributed by atoms with Gasteiger partial charge in [0.05, 0.1) is 6.04 Å². The van der Waals surface area contributed by atoms with Gasteiger partial charge in [-0.15, -0.1) is 0 Å². The SMILES string of the molecule is CC(C)c1cc(C(=O)NC2CC(=O)N(CC3CCCCC3)C2)no1. The molecule has 6 nitrogen and oxygen atoms in total. The molecule has 1 saturated heterocycles. The fraction of sp³-hybridized carbons (Fsp3) is 0.722. The summed E-state index contributed by atoms with van der Waals surface area (Å²) >= 11 is 0. The van der Waals surface area contributed by atoms with Crippen LogP contribution in [0.2, 0.25) is 0 Å². The molecule has 1 N–H and O–H groups in total. The van der Waals surface area contributed by atoms with Gasteiger partial charge in [-0.05, 0) is 18.8 Å². The standard InChI is InChI=1S/C18H27N3O3/c1-12(2)16-9-15(20-24-16)18(23)19-14-8-17(22)21(11-14)10-13-6-4-3-5-7-13/h9,12-14H,3-8,10-11H2,1-2H3,(H,19,23). The van der Waals surface area contributed by atoms with Crippen LogP contribution in [0.1, 0.15) is 74.5 Å². The highest BCUT2D eigenvalue weighted by Gasteiger charge is 2.32. The van der Waals surface area contributed by atoms with E-state index in [0.29, 0.717) is 24.6 Å². The van der Waals surface area contributed by atoms with E-state index in [1.807, 2.05) is 18.7 Å². The molecule has 132 valence electrons. The molecule has 0 spiro atoms. The molecule has 0 bridgehead atoms. The number of carbonyl (C=O) groups is 2. The second kappa shape index (κ2) is 7.36. The van der Waals surface area contributed by atoms with E-state index < -0.39 is 0 Å². The Hall–Kier alpha value is -1.85. The van der Waals surface area contributed by atoms with Gasteiger partial charge in [0.2, 0.25) is 5.91 Å². The maximum atomic E-state index is 12.3. The van der Waals surface area contributed by atoms with Gasteiger partial charge in [0.1, 0.15) is 5.76 Å². The zero-order chi connectivity index (χ0) is 17.1. The summed E-state index contributed by atoms with van der Waals surface area (Å²) in [6.45, 7) is 5.42. The van der Waals surface area contributed by atoms with Gasteiger partial charge in [0.25, 0.3) is 5.91 Å². The van der Waals surface area contributed by atoms with Gasteiger partial charge in [-0.3, -0.25) is 9.59 Å². The third-order valence-corrected chi connectivity index (χ3v) is 5.08. The maximum absolute atomic E-state index is 12.3. The molecule has 1 aliphatic heterocycles. The maximum Gasteiger partial charge on any atom is 0.273 e. The number of nitrogens with one attached hydrogen (secondary N) is 1. The Bertz CT molecular complexity index is 590. The number of carbonyl (C=O) groups excluding carboxylic acids is 2. The summed E-state index contributed by atoms with van der Waals surface area (Å²) in [6, 6.07) is 1.55. The molecule has 3 rings (SSSR count). The van der Waals surface area contributed by atoms with Gasteiger partial charge in [-0.2, -0.15) is 0 Å². The highest BCUT2D eigenvalue weighted by molar-refractivity contribution is 5.93. The number of hydrogen-bond acceptors (Lipinski definition) is 4. The van der Waals surface area contributed by atoms with E-state index in [2.05, 4.69) is 10.5 Å². The van der Waals surface area contributed by atoms with Crippen molar-refractivity contribution in [2.24, 2.45) is 5.92 Å². The Balaban J connectivity index is 1.52. The minimum Gasteiger partial charge on any atom is -0.360 e. The summed E-state index contributed by atoms with van der Waals surface area (Å²) < 4.78 is 5.17. The van der Waals surface area contributed by atoms with Crippen LogP contribution in [0.25, 0.3) is 0 Å². The first kappa shape index (κ1) is 17.0. The van der Waals surface area contributed by atoms with E-state index in [9.17, 15) is 9.59 Å². The minimum atomic E-state index is -0.261. The summed E-state index contributed by atoms with van der Waals surface area (Å²) in [5.41, 5.74) is 0.289. The van der Waals surface area contributed by atoms with Crippen molar-refractivity contribution >= 4 is 11.8 Å². The molecule has 0 radical (unpaired) electrons. The van der Waals surface area contributed by atoms with Crippen molar-refractivity contribution in [1.82, 2.24) is 15.4 Å². The normalized spacial score (nSPS) is 22.4. The van der Waals surface area contributed by atoms with Crippen molar-refractivity contribution in [3.8, 4) is 0 Å². The molecule has 2 heterocycles. The second-order valence-corrected chi connectivity index (χ2v) is 7.45. The molecule has 0 aromatic carbocycles. The summed E-state index contributed by atoms with van der Waals surface area (Å²) in [7, 11) is 0. The van der Waals surface area contributed by atoms with Gasteiger partial charge in [-0.25, -0.2) is 0 Å². The Morgan fingerprint density at radius 1 is 1.38 bits per heavy atom. The zero-order valence-corrected chi connectivity index (χ0v) is 14.6. The number of aromatic nitrogens is 1. The van der Waals surface area contributed by atoms with Crippen LogP contribution >= 0.6 is 0 Å². The van der Waals surface area contributed by atoms with E-state index in [1.165, 1.54) is 32.1 Å². The molecule has 2 fully saturated rings. The lowest BCUT2D eigenvalue weighted by atomic mass is 9.89. The van der Waals surface area contributed by atoms with Crippen LogP contribution in [0.4, 0.5) is 0 Å². The first-order valence-corrected chi connectivity index (χ1v) is 9.08. The van der Waals surface area contributed by atoms with Crippen molar-refractivity contribution in [2.45, 2.75) is 64.3 Å². The molecular formula is C18H27N3O3. The molecule has 1 aliphatic carbocycles. The van der Waals surface area contributed by atoms with Crippen molar-refractivity contribution in [2.75, 3.05) is 13.1 Å². The van der Waals surface area contributed by atoms with Gasteiger partial charge in [0, 0.05) is 31.5 Å². The molecule has 24 heavy (non-hydrogen) atoms. The molecule has 1 aromatic rings. The summed E-state index contributed by atoms with van der Waals surface area (Å²) in [6.07, 6.45) is 6.69. The van der Waals surface area contributed by atoms with E-state index in [1.54, 1.807) is 6.07 Å². The number of rotatable bonds is 5. The largest absolute Gasteiger partial charge is 0.360 e. The minimum absolute atomic E-state index is 0.132. The van der Waals surface area contributed by atoms with Crippen LogP contribution in [-0.4, -0.2) is 41.0 Å². The third kappa shape index (κ3) is 3.97. The van der Waals surface area contributed by atoms with Crippen LogP contribution in [0.15, 0.2) is 10.6 Å². The predicted octanol–water partition coefficient (Wildman–Crippen LogP) is 2.71. The van der Waals surface area contributed by atoms with E-state index >= 15 is 0 Å². The predicted molar refractivity (Wildman–Crippen MR) is 89.6 cm³/mol. The smallest absolute Gasteiger partial charge is 0.273 e. The van der Waals surface area contributed by atoms with E-state index in [-0.39, 0.29) is 29.5 Å². The van der Waals surface area contributed by atoms with Crippen LogP contribution in [0.5, 0.6) is 0 Å². The van der Waals surface area contributed by atoms with Crippen LogP contribution in [0, 0.1) is 5.92 Å². The Labute approximate surface area is 142 Å². The quantitative estimate of drug-likeness (QED) is 0.899. The lowest BCUT2D eigenvalue weighted by Crippen LogP contribution is -2.38. The average molecular weight is 333 g/mol. The van der Waals surface area contributed by atoms with Crippen molar-refractivity contribution < 1.29 is 14.1 Å². The lowest BCUT2D eigenvalue weighted by molar-refractivity contribution is -0.128. The fourth-order valence-corrected chi connectivity index (χ4v) is 3.65. The van der Waals surface area contributed by atoms with Crippen LogP contribution < -0.4 is 5.32 Å². The second-order valence-electron chi connectivity index (χ2n) is 7.45. The summed E-state index contributed by atoms with van der Waals surface area (Å²) in [5, 5.41) is 6.75. The topological polar surface area (TPSA) is 75.4 Å². The summed E-state index contributed by atoms with van der Waals surface area (Å²) in [5.74, 6) is 1.40. The van der Waals surface area contributed by atoms with Gasteiger partial charge < -0.3 is 14.7 Å². The monoisotopic (exact) mass is 333 g/mol. The molecule has 1 unspecified atom stereocenters. The van der Waals surface area contributed by atoms with Crippen molar-refractivity contribution in [3.63, 3.8) is 0 Å². The number of amides is 2. The number of hydrogen-bond donors (Lipinski definition) is 1. The zero-order valence-electron chi connectivity index (χ0n) is 14.6. The number of nitrogens with zero attached hydrogens (tertiary/aromatic N) is 2. The van der Waals surface area contributed by atoms with Gasteiger partial charge >= 0.3 is 0 Å². The van der Waals surface area contributed by atoms with Crippen molar-refractivity contribution in [3.05, 3.63) is 17.5 Å². The molecule has 2 aliphatic rings. The molecule has 1 atom stereocenters. The van der Waals surface area contributed by atoms with Crippen LogP contribution in [0.3, 0.4) is 0 Å². The van der Waals surface area contributed by atoms with E-state index in [4.69, 9.17) is 4.52 Å². The third-order valence-electron chi connectivity index (χ3n) is 5.08. The molecule has 2 amide bonds. The molecule has 1 aromatic heterocycles. The Kier molecular flexibility index (Phi) is 5.21. The highest BCUT2D eigenvalue weighted by atomic mass is 16.5. The Morgan fingerprint density at radius 2 is 2.12 bits per heavy atom. The molecule has 1 saturated carbocycles. The highest BCUT2D eigenvalue weighted by Crippen LogP contribution is 2.26. The first-order valence-electron chi connectivity index (χ1n) is 9.08. The molecular weight excluding hydrogens is 306 g/mol. The molecule has 6 heteroatoms. The fourth-order valence-electron chi connectivity index (χ4n) is 3.65. The van der Waals surface area contributed by atoms with Gasteiger partial charge in [-0.1, -0.05) is 38.3 Å². The van der Waals surface area contributed by atoms with Crippen LogP contribution in [-0.2, 0) is 4.79 Å².